The average molecular weight is 430 g/mol. The Morgan fingerprint density at radius 3 is 2.59 bits per heavy atom. The van der Waals surface area contributed by atoms with Gasteiger partial charge in [0.25, 0.3) is 5.91 Å². The van der Waals surface area contributed by atoms with Crippen molar-refractivity contribution in [2.24, 2.45) is 0 Å². The Kier molecular flexibility index (Phi) is 5.35. The third kappa shape index (κ3) is 3.77. The molecule has 9 heteroatoms. The number of urea groups is 1. The zero-order valence-electron chi connectivity index (χ0n) is 17.0. The highest BCUT2D eigenvalue weighted by Crippen LogP contribution is 2.28. The number of rotatable bonds is 6. The third-order valence-corrected chi connectivity index (χ3v) is 5.02. The molecule has 32 heavy (non-hydrogen) atoms. The van der Waals surface area contributed by atoms with Crippen LogP contribution in [0.4, 0.5) is 4.79 Å². The summed E-state index contributed by atoms with van der Waals surface area (Å²) >= 11 is 0. The molecule has 1 aliphatic rings. The van der Waals surface area contributed by atoms with Crippen molar-refractivity contribution in [1.29, 1.82) is 5.26 Å². The fraction of sp³-hybridized carbons (Fsp3) is 0.130. The molecule has 4 rings (SSSR count). The summed E-state index contributed by atoms with van der Waals surface area (Å²) in [7, 11) is 0. The van der Waals surface area contributed by atoms with Crippen molar-refractivity contribution in [3.05, 3.63) is 89.4 Å². The van der Waals surface area contributed by atoms with Gasteiger partial charge in [-0.1, -0.05) is 42.5 Å². The van der Waals surface area contributed by atoms with Crippen LogP contribution in [0.15, 0.2) is 71.1 Å². The van der Waals surface area contributed by atoms with Gasteiger partial charge in [-0.25, -0.2) is 10.2 Å². The number of ether oxygens (including phenoxy) is 1. The molecule has 1 unspecified atom stereocenters. The van der Waals surface area contributed by atoms with Crippen LogP contribution in [0.5, 0.6) is 5.75 Å². The van der Waals surface area contributed by atoms with E-state index in [1.807, 2.05) is 6.07 Å². The van der Waals surface area contributed by atoms with Gasteiger partial charge in [0.05, 0.1) is 5.56 Å². The number of nitrogens with zero attached hydrogens (tertiary/aromatic N) is 2. The summed E-state index contributed by atoms with van der Waals surface area (Å²) in [6.07, 6.45) is 0. The number of hydrogen-bond donors (Lipinski definition) is 2. The number of carbonyl (C=O) groups is 3. The van der Waals surface area contributed by atoms with Gasteiger partial charge in [-0.05, 0) is 36.8 Å². The van der Waals surface area contributed by atoms with E-state index in [4.69, 9.17) is 14.4 Å². The number of para-hydroxylation sites is 1. The first-order chi connectivity index (χ1) is 15.4. The number of nitrogens with one attached hydrogen (secondary N) is 2. The van der Waals surface area contributed by atoms with Crippen molar-refractivity contribution in [2.75, 3.05) is 0 Å². The van der Waals surface area contributed by atoms with Crippen LogP contribution in [-0.2, 0) is 16.9 Å². The maximum atomic E-state index is 12.9. The number of nitriles is 1. The quantitative estimate of drug-likeness (QED) is 0.580. The first kappa shape index (κ1) is 20.7. The third-order valence-electron chi connectivity index (χ3n) is 5.02. The SMILES string of the molecule is CC1(c2ccccc2)NC(=O)N(NC(=O)c2ccc(COc3ccccc3C#N)o2)C1=O. The van der Waals surface area contributed by atoms with Crippen molar-refractivity contribution in [2.45, 2.75) is 19.1 Å². The molecule has 0 saturated carbocycles. The number of amides is 4. The zero-order valence-corrected chi connectivity index (χ0v) is 17.0. The van der Waals surface area contributed by atoms with Gasteiger partial charge >= 0.3 is 11.9 Å². The van der Waals surface area contributed by atoms with Crippen molar-refractivity contribution in [3.8, 4) is 11.8 Å². The molecular weight excluding hydrogens is 412 g/mol. The first-order valence-electron chi connectivity index (χ1n) is 9.66. The lowest BCUT2D eigenvalue weighted by Crippen LogP contribution is -2.47. The second-order valence-electron chi connectivity index (χ2n) is 7.17. The first-order valence-corrected chi connectivity index (χ1v) is 9.66. The van der Waals surface area contributed by atoms with E-state index in [0.29, 0.717) is 27.6 Å². The highest BCUT2D eigenvalue weighted by molar-refractivity contribution is 6.09. The highest BCUT2D eigenvalue weighted by atomic mass is 16.5. The summed E-state index contributed by atoms with van der Waals surface area (Å²) in [5, 5.41) is 12.3. The molecule has 1 fully saturated rings. The van der Waals surface area contributed by atoms with E-state index in [1.165, 1.54) is 12.1 Å². The maximum Gasteiger partial charge on any atom is 0.344 e. The summed E-state index contributed by atoms with van der Waals surface area (Å²) in [6, 6.07) is 19.7. The molecule has 1 saturated heterocycles. The van der Waals surface area contributed by atoms with Crippen LogP contribution in [0.2, 0.25) is 0 Å². The summed E-state index contributed by atoms with van der Waals surface area (Å²) in [5.41, 5.74) is 1.94. The van der Waals surface area contributed by atoms with E-state index in [2.05, 4.69) is 10.7 Å². The minimum absolute atomic E-state index is 0.0127. The Morgan fingerprint density at radius 1 is 1.12 bits per heavy atom. The number of benzene rings is 2. The van der Waals surface area contributed by atoms with Gasteiger partial charge < -0.3 is 14.5 Å². The topological polar surface area (TPSA) is 125 Å². The molecule has 0 radical (unpaired) electrons. The van der Waals surface area contributed by atoms with E-state index >= 15 is 0 Å². The van der Waals surface area contributed by atoms with Gasteiger partial charge in [-0.15, -0.1) is 0 Å². The molecule has 1 atom stereocenters. The van der Waals surface area contributed by atoms with Gasteiger partial charge in [0.15, 0.2) is 5.76 Å². The van der Waals surface area contributed by atoms with Gasteiger partial charge in [0, 0.05) is 0 Å². The molecule has 3 aromatic rings. The number of furan rings is 1. The molecule has 1 aromatic heterocycles. The predicted molar refractivity (Wildman–Crippen MR) is 111 cm³/mol. The highest BCUT2D eigenvalue weighted by Gasteiger charge is 2.50. The summed E-state index contributed by atoms with van der Waals surface area (Å²) < 4.78 is 11.0. The molecule has 160 valence electrons. The maximum absolute atomic E-state index is 12.9. The summed E-state index contributed by atoms with van der Waals surface area (Å²) in [5.74, 6) is -0.781. The monoisotopic (exact) mass is 430 g/mol. The summed E-state index contributed by atoms with van der Waals surface area (Å²) in [4.78, 5) is 37.8. The van der Waals surface area contributed by atoms with Gasteiger partial charge in [-0.3, -0.25) is 9.59 Å². The molecule has 9 nitrogen and oxygen atoms in total. The molecule has 2 aromatic carbocycles. The van der Waals surface area contributed by atoms with Gasteiger partial charge in [0.1, 0.15) is 29.7 Å². The normalized spacial score (nSPS) is 17.6. The van der Waals surface area contributed by atoms with Crippen LogP contribution in [0.3, 0.4) is 0 Å². The molecule has 0 bridgehead atoms. The molecule has 2 N–H and O–H groups in total. The molecule has 1 aliphatic heterocycles. The van der Waals surface area contributed by atoms with Crippen LogP contribution in [0, 0.1) is 11.3 Å². The molecule has 0 spiro atoms. The average Bonchev–Trinajstić information content (AvgIpc) is 3.38. The minimum atomic E-state index is -1.30. The second kappa shape index (κ2) is 8.28. The van der Waals surface area contributed by atoms with Crippen LogP contribution >= 0.6 is 0 Å². The number of carbonyl (C=O) groups excluding carboxylic acids is 3. The van der Waals surface area contributed by atoms with Gasteiger partial charge in [-0.2, -0.15) is 10.3 Å². The fourth-order valence-electron chi connectivity index (χ4n) is 3.28. The smallest absolute Gasteiger partial charge is 0.344 e. The van der Waals surface area contributed by atoms with Crippen molar-refractivity contribution in [3.63, 3.8) is 0 Å². The van der Waals surface area contributed by atoms with Crippen LogP contribution in [-0.4, -0.2) is 22.9 Å². The standard InChI is InChI=1S/C23H18N4O5/c1-23(16-8-3-2-4-9-16)21(29)27(22(30)25-23)26-20(28)19-12-11-17(32-19)14-31-18-10-6-5-7-15(18)13-24/h2-12H,14H2,1H3,(H,25,30)(H,26,28). The fourth-order valence-corrected chi connectivity index (χ4v) is 3.28. The molecular formula is C23H18N4O5. The van der Waals surface area contributed by atoms with E-state index in [-0.39, 0.29) is 12.4 Å². The molecule has 0 aliphatic carbocycles. The zero-order chi connectivity index (χ0) is 22.7. The van der Waals surface area contributed by atoms with Gasteiger partial charge in [0.2, 0.25) is 0 Å². The molecule has 2 heterocycles. The Morgan fingerprint density at radius 2 is 1.84 bits per heavy atom. The Balaban J connectivity index is 1.43. The van der Waals surface area contributed by atoms with E-state index in [1.54, 1.807) is 61.5 Å². The number of hydrazine groups is 1. The van der Waals surface area contributed by atoms with E-state index < -0.39 is 23.4 Å². The Bertz CT molecular complexity index is 1230. The lowest BCUT2D eigenvalue weighted by molar-refractivity contribution is -0.132. The van der Waals surface area contributed by atoms with Crippen LogP contribution in [0.1, 0.15) is 34.4 Å². The van der Waals surface area contributed by atoms with Crippen LogP contribution < -0.4 is 15.5 Å². The lowest BCUT2D eigenvalue weighted by Gasteiger charge is -2.21. The Hall–Kier alpha value is -4.58. The predicted octanol–water partition coefficient (Wildman–Crippen LogP) is 2.84. The largest absolute Gasteiger partial charge is 0.484 e. The van der Waals surface area contributed by atoms with Crippen LogP contribution in [0.25, 0.3) is 0 Å². The van der Waals surface area contributed by atoms with Crippen molar-refractivity contribution < 1.29 is 23.5 Å². The van der Waals surface area contributed by atoms with Crippen molar-refractivity contribution >= 4 is 17.8 Å². The van der Waals surface area contributed by atoms with E-state index in [0.717, 1.165) is 0 Å². The van der Waals surface area contributed by atoms with E-state index in [9.17, 15) is 14.4 Å². The van der Waals surface area contributed by atoms with Crippen molar-refractivity contribution in [1.82, 2.24) is 15.8 Å². The second-order valence-corrected chi connectivity index (χ2v) is 7.17. The summed E-state index contributed by atoms with van der Waals surface area (Å²) in [6.45, 7) is 1.55. The Labute approximate surface area is 183 Å². The lowest BCUT2D eigenvalue weighted by atomic mass is 9.92. The number of hydrogen-bond acceptors (Lipinski definition) is 6. The molecule has 4 amide bonds. The minimum Gasteiger partial charge on any atom is -0.484 e. The number of imide groups is 1.